The first-order valence-electron chi connectivity index (χ1n) is 10.2. The van der Waals surface area contributed by atoms with Crippen LogP contribution >= 0.6 is 31.0 Å². The lowest BCUT2D eigenvalue weighted by Gasteiger charge is -2.47. The molecular weight excluding hydrogens is 544 g/mol. The predicted octanol–water partition coefficient (Wildman–Crippen LogP) is -0.134. The second-order valence-corrected chi connectivity index (χ2v) is 10.3. The summed E-state index contributed by atoms with van der Waals surface area (Å²) in [5.74, 6) is -0.493. The van der Waals surface area contributed by atoms with E-state index in [0.717, 1.165) is 6.07 Å². The summed E-state index contributed by atoms with van der Waals surface area (Å²) >= 11 is 12.0. The minimum atomic E-state index is -5.35. The molecule has 0 radical (unpaired) electrons. The van der Waals surface area contributed by atoms with Gasteiger partial charge in [0.05, 0.1) is 16.5 Å². The number of aliphatic hydroxyl groups is 5. The van der Waals surface area contributed by atoms with Crippen LogP contribution in [0.2, 0.25) is 10.0 Å². The Kier molecular flexibility index (Phi) is 7.20. The van der Waals surface area contributed by atoms with Crippen LogP contribution < -0.4 is 15.8 Å². The normalized spacial score (nSPS) is 30.2. The minimum absolute atomic E-state index is 0.0550. The number of nitrogens with zero attached hydrogens (tertiary/aromatic N) is 1. The molecule has 2 aromatic carbocycles. The highest BCUT2D eigenvalue weighted by molar-refractivity contribution is 7.47. The van der Waals surface area contributed by atoms with Crippen LogP contribution in [-0.4, -0.2) is 76.6 Å². The number of aromatic nitrogens is 2. The number of nitrogens with two attached hydrogens (primary N) is 1. The third kappa shape index (κ3) is 4.88. The molecule has 16 heteroatoms. The molecule has 7 atom stereocenters. The lowest BCUT2D eigenvalue weighted by atomic mass is 9.81. The number of rotatable bonds is 5. The van der Waals surface area contributed by atoms with Crippen LogP contribution in [0.5, 0.6) is 5.75 Å². The number of fused-ring (bicyclic) bond motifs is 1. The van der Waals surface area contributed by atoms with E-state index in [-0.39, 0.29) is 33.1 Å². The van der Waals surface area contributed by atoms with Crippen molar-refractivity contribution in [2.24, 2.45) is 5.73 Å². The van der Waals surface area contributed by atoms with Crippen molar-refractivity contribution in [2.75, 3.05) is 0 Å². The van der Waals surface area contributed by atoms with Crippen molar-refractivity contribution in [3.63, 3.8) is 0 Å². The number of benzene rings is 2. The summed E-state index contributed by atoms with van der Waals surface area (Å²) in [6, 6.07) is 8.09. The summed E-state index contributed by atoms with van der Waals surface area (Å²) in [6.45, 7) is 0. The van der Waals surface area contributed by atoms with E-state index >= 15 is 0 Å². The van der Waals surface area contributed by atoms with Gasteiger partial charge in [-0.1, -0.05) is 23.2 Å². The Labute approximate surface area is 211 Å². The zero-order chi connectivity index (χ0) is 26.6. The average Bonchev–Trinajstić information content (AvgIpc) is 2.81. The topological polar surface area (TPSA) is 229 Å². The molecule has 1 heterocycles. The zero-order valence-electron chi connectivity index (χ0n) is 17.9. The second kappa shape index (κ2) is 9.63. The summed E-state index contributed by atoms with van der Waals surface area (Å²) < 4.78 is 22.8. The quantitative estimate of drug-likeness (QED) is 0.150. The monoisotopic (exact) mass is 563 g/mol. The van der Waals surface area contributed by atoms with Crippen LogP contribution in [0.1, 0.15) is 0 Å². The maximum atomic E-state index is 12.9. The molecule has 1 aliphatic carbocycles. The van der Waals surface area contributed by atoms with Crippen molar-refractivity contribution in [1.82, 2.24) is 9.97 Å². The maximum absolute atomic E-state index is 12.9. The number of phosphoric acid groups is 1. The highest BCUT2D eigenvalue weighted by atomic mass is 35.5. The average molecular weight is 564 g/mol. The lowest BCUT2D eigenvalue weighted by Crippen LogP contribution is -2.75. The first-order valence-corrected chi connectivity index (χ1v) is 12.4. The highest BCUT2D eigenvalue weighted by Gasteiger charge is 2.60. The van der Waals surface area contributed by atoms with Gasteiger partial charge in [0.1, 0.15) is 42.1 Å². The van der Waals surface area contributed by atoms with Crippen molar-refractivity contribution in [2.45, 2.75) is 36.2 Å². The SMILES string of the molecule is N[C@@]1(OP(=O)(O)Oc2ccc(Cl)cc2-c2nc3ccc(Cl)cc3c(=O)[nH]2)[C@@H](O)[C@H](O)[C@@H](O)[C@H](O)[C@@H]1O. The summed E-state index contributed by atoms with van der Waals surface area (Å²) in [4.78, 5) is 29.8. The van der Waals surface area contributed by atoms with Crippen molar-refractivity contribution in [3.05, 3.63) is 56.8 Å². The van der Waals surface area contributed by atoms with E-state index in [0.29, 0.717) is 5.02 Å². The van der Waals surface area contributed by atoms with E-state index in [1.165, 1.54) is 30.3 Å². The van der Waals surface area contributed by atoms with Crippen LogP contribution in [-0.2, 0) is 9.09 Å². The van der Waals surface area contributed by atoms with Gasteiger partial charge in [-0.25, -0.2) is 14.1 Å². The predicted molar refractivity (Wildman–Crippen MR) is 126 cm³/mol. The molecule has 0 amide bonds. The number of hydrogen-bond acceptors (Lipinski definition) is 11. The molecule has 1 fully saturated rings. The van der Waals surface area contributed by atoms with Gasteiger partial charge in [-0.2, -0.15) is 0 Å². The molecule has 0 bridgehead atoms. The fourth-order valence-electron chi connectivity index (χ4n) is 3.74. The van der Waals surface area contributed by atoms with Gasteiger partial charge in [0.25, 0.3) is 5.56 Å². The molecule has 0 spiro atoms. The number of aliphatic hydroxyl groups excluding tert-OH is 5. The Bertz CT molecular complexity index is 1410. The molecule has 1 aromatic heterocycles. The van der Waals surface area contributed by atoms with E-state index in [1.54, 1.807) is 0 Å². The molecule has 13 nitrogen and oxygen atoms in total. The molecule has 1 unspecified atom stereocenters. The molecule has 36 heavy (non-hydrogen) atoms. The smallest absolute Gasteiger partial charge is 0.403 e. The van der Waals surface area contributed by atoms with Gasteiger partial charge >= 0.3 is 7.82 Å². The Hall–Kier alpha value is -2.13. The molecule has 0 aliphatic heterocycles. The number of H-pyrrole nitrogens is 1. The molecule has 194 valence electrons. The summed E-state index contributed by atoms with van der Waals surface area (Å²) in [5, 5.41) is 50.5. The van der Waals surface area contributed by atoms with E-state index in [9.17, 15) is 39.8 Å². The number of phosphoric ester groups is 1. The zero-order valence-corrected chi connectivity index (χ0v) is 20.3. The van der Waals surface area contributed by atoms with Gasteiger partial charge < -0.3 is 35.0 Å². The molecule has 4 rings (SSSR count). The Morgan fingerprint density at radius 1 is 0.972 bits per heavy atom. The second-order valence-electron chi connectivity index (χ2n) is 8.08. The van der Waals surface area contributed by atoms with Gasteiger partial charge in [0, 0.05) is 10.0 Å². The van der Waals surface area contributed by atoms with Crippen LogP contribution in [0.4, 0.5) is 0 Å². The van der Waals surface area contributed by atoms with Gasteiger partial charge in [-0.3, -0.25) is 15.4 Å². The third-order valence-corrected chi connectivity index (χ3v) is 7.07. The maximum Gasteiger partial charge on any atom is 0.529 e. The Balaban J connectivity index is 1.72. The fraction of sp³-hybridized carbons (Fsp3) is 0.300. The van der Waals surface area contributed by atoms with E-state index in [2.05, 4.69) is 9.97 Å². The van der Waals surface area contributed by atoms with Crippen molar-refractivity contribution >= 4 is 41.9 Å². The van der Waals surface area contributed by atoms with Gasteiger partial charge in [0.15, 0.2) is 5.72 Å². The highest BCUT2D eigenvalue weighted by Crippen LogP contribution is 2.51. The number of halogens is 2. The minimum Gasteiger partial charge on any atom is -0.403 e. The van der Waals surface area contributed by atoms with Gasteiger partial charge in [-0.05, 0) is 36.4 Å². The van der Waals surface area contributed by atoms with Crippen LogP contribution in [0.15, 0.2) is 41.2 Å². The standard InChI is InChI=1S/C20H20Cl2N3O10P/c21-7-1-3-11-9(5-7)19(31)25-18(24-11)10-6-8(22)2-4-12(10)34-36(32,33)35-20(23)16(29)14(27)13(26)15(28)17(20)30/h1-6,13-17,26-30H,23H2,(H,32,33)(H,24,25,31)/t13-,14-,15+,16-,17-,20-/m0/s1. The van der Waals surface area contributed by atoms with Crippen molar-refractivity contribution < 1.29 is 44.0 Å². The lowest BCUT2D eigenvalue weighted by molar-refractivity contribution is -0.260. The summed E-state index contributed by atoms with van der Waals surface area (Å²) in [5.41, 5.74) is 2.40. The third-order valence-electron chi connectivity index (χ3n) is 5.62. The van der Waals surface area contributed by atoms with E-state index in [1.807, 2.05) is 0 Å². The molecule has 1 aliphatic rings. The van der Waals surface area contributed by atoms with E-state index in [4.69, 9.17) is 38.0 Å². The Morgan fingerprint density at radius 3 is 2.19 bits per heavy atom. The largest absolute Gasteiger partial charge is 0.529 e. The molecule has 0 saturated heterocycles. The summed E-state index contributed by atoms with van der Waals surface area (Å²) in [6.07, 6.45) is -10.9. The molecule has 3 aromatic rings. The van der Waals surface area contributed by atoms with Gasteiger partial charge in [0.2, 0.25) is 0 Å². The van der Waals surface area contributed by atoms with Crippen LogP contribution in [0.25, 0.3) is 22.3 Å². The molecule has 1 saturated carbocycles. The fourth-order valence-corrected chi connectivity index (χ4v) is 5.15. The molecular formula is C20H20Cl2N3O10P. The van der Waals surface area contributed by atoms with Crippen LogP contribution in [0, 0.1) is 0 Å². The van der Waals surface area contributed by atoms with Crippen LogP contribution in [0.3, 0.4) is 0 Å². The summed E-state index contributed by atoms with van der Waals surface area (Å²) in [7, 11) is -5.35. The number of aromatic amines is 1. The van der Waals surface area contributed by atoms with E-state index < -0.39 is 49.6 Å². The number of nitrogens with one attached hydrogen (secondary N) is 1. The Morgan fingerprint density at radius 2 is 1.56 bits per heavy atom. The first-order chi connectivity index (χ1) is 16.7. The van der Waals surface area contributed by atoms with Crippen molar-refractivity contribution in [3.8, 4) is 17.1 Å². The number of hydrogen-bond donors (Lipinski definition) is 8. The van der Waals surface area contributed by atoms with Crippen molar-refractivity contribution in [1.29, 1.82) is 0 Å². The van der Waals surface area contributed by atoms with Gasteiger partial charge in [-0.15, -0.1) is 0 Å². The molecule has 9 N–H and O–H groups in total. The first kappa shape index (κ1) is 26.9.